The van der Waals surface area contributed by atoms with Crippen LogP contribution < -0.4 is 4.74 Å². The third-order valence-corrected chi connectivity index (χ3v) is 2.52. The van der Waals surface area contributed by atoms with Gasteiger partial charge in [0.2, 0.25) is 5.75 Å². The van der Waals surface area contributed by atoms with Gasteiger partial charge in [0.1, 0.15) is 0 Å². The van der Waals surface area contributed by atoms with Crippen LogP contribution in [0.1, 0.15) is 0 Å². The molecule has 0 unspecified atom stereocenters. The molecule has 0 aliphatic heterocycles. The average molecular weight is 298 g/mol. The molecule has 1 heterocycles. The van der Waals surface area contributed by atoms with Crippen LogP contribution in [-0.2, 0) is 7.05 Å². The lowest BCUT2D eigenvalue weighted by Gasteiger charge is -2.03. The zero-order valence-corrected chi connectivity index (χ0v) is 10.4. The van der Waals surface area contributed by atoms with Gasteiger partial charge in [0.15, 0.2) is 5.75 Å². The number of aryl methyl sites for hydroxylation is 1. The van der Waals surface area contributed by atoms with E-state index in [1.54, 1.807) is 24.0 Å². The van der Waals surface area contributed by atoms with Crippen LogP contribution in [0, 0.1) is 10.1 Å². The van der Waals surface area contributed by atoms with Crippen molar-refractivity contribution in [2.24, 2.45) is 7.05 Å². The van der Waals surface area contributed by atoms with Gasteiger partial charge in [-0.2, -0.15) is 5.10 Å². The van der Waals surface area contributed by atoms with E-state index in [4.69, 9.17) is 4.74 Å². The van der Waals surface area contributed by atoms with Crippen molar-refractivity contribution in [3.63, 3.8) is 0 Å². The fraction of sp³-hybridized carbons (Fsp3) is 0.100. The number of nitro benzene ring substituents is 1. The molecule has 0 saturated carbocycles. The highest BCUT2D eigenvalue weighted by atomic mass is 79.9. The third-order valence-electron chi connectivity index (χ3n) is 2.03. The number of halogens is 1. The average Bonchev–Trinajstić information content (AvgIpc) is 2.66. The maximum absolute atomic E-state index is 10.9. The molecule has 0 atom stereocenters. The summed E-state index contributed by atoms with van der Waals surface area (Å²) in [5.74, 6) is 0.643. The molecular formula is C10H8BrN3O3. The maximum Gasteiger partial charge on any atom is 0.312 e. The molecule has 0 amide bonds. The van der Waals surface area contributed by atoms with E-state index in [2.05, 4.69) is 21.0 Å². The topological polar surface area (TPSA) is 70.2 Å². The Morgan fingerprint density at radius 2 is 2.29 bits per heavy atom. The van der Waals surface area contributed by atoms with E-state index in [9.17, 15) is 10.1 Å². The fourth-order valence-electron chi connectivity index (χ4n) is 1.30. The Hall–Kier alpha value is -1.89. The predicted octanol–water partition coefficient (Wildman–Crippen LogP) is 2.88. The van der Waals surface area contributed by atoms with Crippen molar-refractivity contribution in [2.45, 2.75) is 0 Å². The van der Waals surface area contributed by atoms with Crippen molar-refractivity contribution >= 4 is 21.6 Å². The zero-order valence-electron chi connectivity index (χ0n) is 8.83. The van der Waals surface area contributed by atoms with Crippen LogP contribution in [0.4, 0.5) is 5.69 Å². The van der Waals surface area contributed by atoms with Gasteiger partial charge in [-0.1, -0.05) is 15.9 Å². The summed E-state index contributed by atoms with van der Waals surface area (Å²) < 4.78 is 7.58. The number of nitrogens with zero attached hydrogens (tertiary/aromatic N) is 3. The molecule has 88 valence electrons. The zero-order chi connectivity index (χ0) is 12.4. The highest BCUT2D eigenvalue weighted by Crippen LogP contribution is 2.33. The molecule has 0 spiro atoms. The first-order valence-corrected chi connectivity index (χ1v) is 5.46. The molecule has 1 aromatic heterocycles. The Morgan fingerprint density at radius 3 is 2.88 bits per heavy atom. The molecule has 0 fully saturated rings. The van der Waals surface area contributed by atoms with Crippen molar-refractivity contribution in [3.8, 4) is 11.5 Å². The predicted molar refractivity (Wildman–Crippen MR) is 64.1 cm³/mol. The van der Waals surface area contributed by atoms with Crippen molar-refractivity contribution in [3.05, 3.63) is 45.2 Å². The van der Waals surface area contributed by atoms with Gasteiger partial charge < -0.3 is 4.74 Å². The summed E-state index contributed by atoms with van der Waals surface area (Å²) in [4.78, 5) is 10.4. The Labute approximate surface area is 105 Å². The number of aromatic nitrogens is 2. The number of hydrogen-bond donors (Lipinski definition) is 0. The van der Waals surface area contributed by atoms with E-state index in [1.165, 1.54) is 18.3 Å². The highest BCUT2D eigenvalue weighted by Gasteiger charge is 2.16. The Morgan fingerprint density at radius 1 is 1.53 bits per heavy atom. The van der Waals surface area contributed by atoms with E-state index in [0.717, 1.165) is 0 Å². The van der Waals surface area contributed by atoms with Crippen LogP contribution >= 0.6 is 15.9 Å². The Kier molecular flexibility index (Phi) is 3.10. The van der Waals surface area contributed by atoms with E-state index in [1.807, 2.05) is 0 Å². The first-order chi connectivity index (χ1) is 8.06. The minimum Gasteiger partial charge on any atom is -0.447 e. The van der Waals surface area contributed by atoms with Crippen molar-refractivity contribution < 1.29 is 9.66 Å². The molecular weight excluding hydrogens is 290 g/mol. The van der Waals surface area contributed by atoms with Gasteiger partial charge in [0, 0.05) is 17.6 Å². The quantitative estimate of drug-likeness (QED) is 0.645. The van der Waals surface area contributed by atoms with Gasteiger partial charge in [0.05, 0.1) is 17.3 Å². The standard InChI is InChI=1S/C10H8BrN3O3/c1-13-6-8(5-12-13)17-10-3-2-7(11)4-9(10)14(15)16/h2-6H,1H3. The first-order valence-electron chi connectivity index (χ1n) is 4.66. The lowest BCUT2D eigenvalue weighted by molar-refractivity contribution is -0.385. The minimum absolute atomic E-state index is 0.0942. The first kappa shape index (κ1) is 11.6. The molecule has 1 aromatic carbocycles. The van der Waals surface area contributed by atoms with Crippen LogP contribution in [0.25, 0.3) is 0 Å². The lowest BCUT2D eigenvalue weighted by atomic mass is 10.3. The molecule has 0 radical (unpaired) electrons. The highest BCUT2D eigenvalue weighted by molar-refractivity contribution is 9.10. The summed E-state index contributed by atoms with van der Waals surface area (Å²) in [6, 6.07) is 4.61. The van der Waals surface area contributed by atoms with Gasteiger partial charge in [-0.05, 0) is 12.1 Å². The van der Waals surface area contributed by atoms with Crippen molar-refractivity contribution in [1.82, 2.24) is 9.78 Å². The van der Waals surface area contributed by atoms with Crippen molar-refractivity contribution in [1.29, 1.82) is 0 Å². The van der Waals surface area contributed by atoms with Crippen LogP contribution in [0.2, 0.25) is 0 Å². The number of nitro groups is 1. The molecule has 17 heavy (non-hydrogen) atoms. The SMILES string of the molecule is Cn1cc(Oc2ccc(Br)cc2[N+](=O)[O-])cn1. The molecule has 6 nitrogen and oxygen atoms in total. The van der Waals surface area contributed by atoms with Gasteiger partial charge in [-0.25, -0.2) is 0 Å². The van der Waals surface area contributed by atoms with Gasteiger partial charge in [0.25, 0.3) is 0 Å². The number of ether oxygens (including phenoxy) is 1. The summed E-state index contributed by atoms with van der Waals surface area (Å²) in [6.45, 7) is 0. The third kappa shape index (κ3) is 2.62. The molecule has 0 N–H and O–H groups in total. The second kappa shape index (κ2) is 4.54. The normalized spacial score (nSPS) is 10.2. The molecule has 2 rings (SSSR count). The van der Waals surface area contributed by atoms with Gasteiger partial charge >= 0.3 is 5.69 Å². The lowest BCUT2D eigenvalue weighted by Crippen LogP contribution is -1.93. The molecule has 0 aliphatic carbocycles. The molecule has 2 aromatic rings. The van der Waals surface area contributed by atoms with Crippen LogP contribution in [0.3, 0.4) is 0 Å². The van der Waals surface area contributed by atoms with Crippen molar-refractivity contribution in [2.75, 3.05) is 0 Å². The van der Waals surface area contributed by atoms with Crippen LogP contribution in [-0.4, -0.2) is 14.7 Å². The van der Waals surface area contributed by atoms with E-state index >= 15 is 0 Å². The molecule has 0 aliphatic rings. The second-order valence-electron chi connectivity index (χ2n) is 3.32. The number of rotatable bonds is 3. The Bertz CT molecular complexity index is 568. The number of benzene rings is 1. The van der Waals surface area contributed by atoms with Crippen LogP contribution in [0.15, 0.2) is 35.1 Å². The summed E-state index contributed by atoms with van der Waals surface area (Å²) in [5, 5.41) is 14.8. The largest absolute Gasteiger partial charge is 0.447 e. The summed E-state index contributed by atoms with van der Waals surface area (Å²) >= 11 is 3.18. The summed E-state index contributed by atoms with van der Waals surface area (Å²) in [5.41, 5.74) is -0.0942. The molecule has 0 saturated heterocycles. The Balaban J connectivity index is 2.35. The van der Waals surface area contributed by atoms with E-state index < -0.39 is 4.92 Å². The van der Waals surface area contributed by atoms with E-state index in [0.29, 0.717) is 10.2 Å². The molecule has 0 bridgehead atoms. The van der Waals surface area contributed by atoms with Gasteiger partial charge in [-0.15, -0.1) is 0 Å². The smallest absolute Gasteiger partial charge is 0.312 e. The van der Waals surface area contributed by atoms with Gasteiger partial charge in [-0.3, -0.25) is 14.8 Å². The molecule has 7 heteroatoms. The monoisotopic (exact) mass is 297 g/mol. The fourth-order valence-corrected chi connectivity index (χ4v) is 1.65. The van der Waals surface area contributed by atoms with E-state index in [-0.39, 0.29) is 11.4 Å². The van der Waals surface area contributed by atoms with Crippen LogP contribution in [0.5, 0.6) is 11.5 Å². The summed E-state index contributed by atoms with van der Waals surface area (Å²) in [7, 11) is 1.74. The summed E-state index contributed by atoms with van der Waals surface area (Å²) in [6.07, 6.45) is 3.12. The minimum atomic E-state index is -0.490. The second-order valence-corrected chi connectivity index (χ2v) is 4.24. The number of hydrogen-bond acceptors (Lipinski definition) is 4. The maximum atomic E-state index is 10.9.